The van der Waals surface area contributed by atoms with Crippen molar-refractivity contribution in [2.24, 2.45) is 7.05 Å². The van der Waals surface area contributed by atoms with E-state index in [-0.39, 0.29) is 24.1 Å². The van der Waals surface area contributed by atoms with Crippen LogP contribution in [0.3, 0.4) is 0 Å². The van der Waals surface area contributed by atoms with Crippen LogP contribution in [-0.2, 0) is 29.6 Å². The number of nitrogens with one attached hydrogen (secondary N) is 2. The average molecular weight is 475 g/mol. The lowest BCUT2D eigenvalue weighted by atomic mass is 10.2. The molecule has 0 saturated heterocycles. The molecule has 3 rings (SSSR count). The maximum Gasteiger partial charge on any atom is 0.261 e. The molecule has 1 aromatic carbocycles. The van der Waals surface area contributed by atoms with Crippen molar-refractivity contribution in [1.82, 2.24) is 25.1 Å². The van der Waals surface area contributed by atoms with Crippen LogP contribution in [0, 0.1) is 6.92 Å². The second kappa shape index (κ2) is 11.1. The van der Waals surface area contributed by atoms with Crippen LogP contribution in [-0.4, -0.2) is 43.4 Å². The molecule has 9 nitrogen and oxygen atoms in total. The number of ether oxygens (including phenoxy) is 1. The van der Waals surface area contributed by atoms with E-state index in [1.807, 2.05) is 31.2 Å². The van der Waals surface area contributed by atoms with Gasteiger partial charge in [-0.2, -0.15) is 0 Å². The minimum Gasteiger partial charge on any atom is -0.481 e. The number of amides is 2. The van der Waals surface area contributed by atoms with E-state index >= 15 is 0 Å². The maximum atomic E-state index is 12.4. The minimum atomic E-state index is -0.650. The number of carbonyl (C=O) groups excluding carboxylic acids is 2. The number of nitrogens with zero attached hydrogens (tertiary/aromatic N) is 4. The molecule has 3 aromatic rings. The summed E-state index contributed by atoms with van der Waals surface area (Å²) in [4.78, 5) is 29.6. The Morgan fingerprint density at radius 2 is 2.00 bits per heavy atom. The Bertz CT molecular complexity index is 1060. The van der Waals surface area contributed by atoms with Gasteiger partial charge in [0.1, 0.15) is 5.75 Å². The molecular weight excluding hydrogens is 448 g/mol. The van der Waals surface area contributed by atoms with Crippen molar-refractivity contribution < 1.29 is 14.3 Å². The molecule has 0 saturated carbocycles. The summed E-state index contributed by atoms with van der Waals surface area (Å²) in [5, 5.41) is 14.9. The zero-order valence-corrected chi connectivity index (χ0v) is 20.0. The lowest BCUT2D eigenvalue weighted by Crippen LogP contribution is -2.36. The van der Waals surface area contributed by atoms with E-state index in [1.165, 1.54) is 28.7 Å². The second-order valence-electron chi connectivity index (χ2n) is 7.05. The highest BCUT2D eigenvalue weighted by Crippen LogP contribution is 2.19. The number of benzene rings is 1. The van der Waals surface area contributed by atoms with Gasteiger partial charge in [0.2, 0.25) is 5.91 Å². The van der Waals surface area contributed by atoms with Crippen LogP contribution >= 0.6 is 23.1 Å². The lowest BCUT2D eigenvalue weighted by Gasteiger charge is -2.15. The van der Waals surface area contributed by atoms with E-state index in [4.69, 9.17) is 4.74 Å². The van der Waals surface area contributed by atoms with E-state index in [1.54, 1.807) is 24.7 Å². The van der Waals surface area contributed by atoms with Crippen LogP contribution in [0.5, 0.6) is 5.75 Å². The highest BCUT2D eigenvalue weighted by Gasteiger charge is 2.17. The molecule has 0 bridgehead atoms. The number of aryl methyl sites for hydroxylation is 2. The highest BCUT2D eigenvalue weighted by molar-refractivity contribution is 7.99. The van der Waals surface area contributed by atoms with E-state index < -0.39 is 6.10 Å². The molecule has 0 aliphatic rings. The quantitative estimate of drug-likeness (QED) is 0.435. The minimum absolute atomic E-state index is 0.167. The van der Waals surface area contributed by atoms with Gasteiger partial charge in [-0.15, -0.1) is 21.5 Å². The van der Waals surface area contributed by atoms with Crippen LogP contribution in [0.1, 0.15) is 30.1 Å². The van der Waals surface area contributed by atoms with Gasteiger partial charge < -0.3 is 19.9 Å². The normalized spacial score (nSPS) is 11.8. The lowest BCUT2D eigenvalue weighted by molar-refractivity contribution is -0.127. The molecule has 1 atom stereocenters. The van der Waals surface area contributed by atoms with Crippen molar-refractivity contribution in [3.63, 3.8) is 0 Å². The summed E-state index contributed by atoms with van der Waals surface area (Å²) in [5.41, 5.74) is 1.21. The van der Waals surface area contributed by atoms with Gasteiger partial charge in [0, 0.05) is 18.1 Å². The molecule has 0 spiro atoms. The molecule has 0 unspecified atom stereocenters. The predicted octanol–water partition coefficient (Wildman–Crippen LogP) is 2.96. The van der Waals surface area contributed by atoms with Crippen molar-refractivity contribution >= 4 is 40.0 Å². The van der Waals surface area contributed by atoms with Crippen molar-refractivity contribution in [2.45, 2.75) is 45.0 Å². The van der Waals surface area contributed by atoms with Crippen molar-refractivity contribution in [3.05, 3.63) is 46.7 Å². The zero-order valence-electron chi connectivity index (χ0n) is 18.4. The molecule has 170 valence electrons. The Hall–Kier alpha value is -2.92. The number of aromatic nitrogens is 4. The summed E-state index contributed by atoms with van der Waals surface area (Å²) in [5.74, 6) is 0.989. The first-order valence-corrected chi connectivity index (χ1v) is 11.9. The van der Waals surface area contributed by atoms with E-state index in [9.17, 15) is 9.59 Å². The third-order valence-electron chi connectivity index (χ3n) is 4.56. The van der Waals surface area contributed by atoms with Gasteiger partial charge in [-0.3, -0.25) is 9.59 Å². The summed E-state index contributed by atoms with van der Waals surface area (Å²) in [7, 11) is 1.79. The summed E-state index contributed by atoms with van der Waals surface area (Å²) in [6.45, 7) is 5.92. The van der Waals surface area contributed by atoms with Crippen LogP contribution in [0.2, 0.25) is 0 Å². The standard InChI is InChI=1S/C21H26N6O3S2/c1-5-15-6-8-16(9-7-15)30-14(3)19(29)22-11-17-25-26-21(27(17)4)31-12-18(28)24-20-23-10-13(2)32-20/h6-10,14H,5,11-12H2,1-4H3,(H,22,29)(H,23,24,28)/t14-/m1/s1. The van der Waals surface area contributed by atoms with Gasteiger partial charge in [-0.1, -0.05) is 30.8 Å². The monoisotopic (exact) mass is 474 g/mol. The Balaban J connectivity index is 1.45. The second-order valence-corrected chi connectivity index (χ2v) is 9.22. The smallest absolute Gasteiger partial charge is 0.261 e. The van der Waals surface area contributed by atoms with Gasteiger partial charge in [0.25, 0.3) is 5.91 Å². The van der Waals surface area contributed by atoms with Gasteiger partial charge in [-0.05, 0) is 38.0 Å². The Labute approximate surface area is 195 Å². The number of hydrogen-bond acceptors (Lipinski definition) is 8. The zero-order chi connectivity index (χ0) is 23.1. The van der Waals surface area contributed by atoms with Gasteiger partial charge in [0.15, 0.2) is 22.2 Å². The first-order chi connectivity index (χ1) is 15.4. The average Bonchev–Trinajstić information content (AvgIpc) is 3.35. The fourth-order valence-electron chi connectivity index (χ4n) is 2.69. The fraction of sp³-hybridized carbons (Fsp3) is 0.381. The van der Waals surface area contributed by atoms with Crippen molar-refractivity contribution in [1.29, 1.82) is 0 Å². The summed E-state index contributed by atoms with van der Waals surface area (Å²) in [6.07, 6.45) is 2.01. The number of hydrogen-bond donors (Lipinski definition) is 2. The molecule has 0 radical (unpaired) electrons. The SMILES string of the molecule is CCc1ccc(O[C@H](C)C(=O)NCc2nnc(SCC(=O)Nc3ncc(C)s3)n2C)cc1. The Morgan fingerprint density at radius 3 is 2.66 bits per heavy atom. The summed E-state index contributed by atoms with van der Waals surface area (Å²) >= 11 is 2.69. The van der Waals surface area contributed by atoms with Crippen molar-refractivity contribution in [2.75, 3.05) is 11.1 Å². The molecule has 0 aliphatic heterocycles. The van der Waals surface area contributed by atoms with Gasteiger partial charge in [-0.25, -0.2) is 4.98 Å². The molecule has 0 fully saturated rings. The third-order valence-corrected chi connectivity index (χ3v) is 6.41. The summed E-state index contributed by atoms with van der Waals surface area (Å²) in [6, 6.07) is 7.69. The van der Waals surface area contributed by atoms with Gasteiger partial charge >= 0.3 is 0 Å². The molecule has 0 aliphatic carbocycles. The number of anilines is 1. The Kier molecular flexibility index (Phi) is 8.23. The van der Waals surface area contributed by atoms with Crippen LogP contribution in [0.25, 0.3) is 0 Å². The van der Waals surface area contributed by atoms with Crippen LogP contribution in [0.4, 0.5) is 5.13 Å². The molecular formula is C21H26N6O3S2. The number of rotatable bonds is 10. The predicted molar refractivity (Wildman–Crippen MR) is 125 cm³/mol. The largest absolute Gasteiger partial charge is 0.481 e. The Morgan fingerprint density at radius 1 is 1.25 bits per heavy atom. The number of thioether (sulfide) groups is 1. The van der Waals surface area contributed by atoms with Crippen LogP contribution in [0.15, 0.2) is 35.6 Å². The fourth-order valence-corrected chi connectivity index (χ4v) is 4.10. The summed E-state index contributed by atoms with van der Waals surface area (Å²) < 4.78 is 7.46. The van der Waals surface area contributed by atoms with E-state index in [2.05, 4.69) is 32.7 Å². The van der Waals surface area contributed by atoms with E-state index in [0.29, 0.717) is 21.9 Å². The van der Waals surface area contributed by atoms with E-state index in [0.717, 1.165) is 11.3 Å². The third kappa shape index (κ3) is 6.54. The van der Waals surface area contributed by atoms with Crippen molar-refractivity contribution in [3.8, 4) is 5.75 Å². The number of carbonyl (C=O) groups is 2. The molecule has 2 aromatic heterocycles. The maximum absolute atomic E-state index is 12.4. The topological polar surface area (TPSA) is 111 Å². The highest BCUT2D eigenvalue weighted by atomic mass is 32.2. The first kappa shape index (κ1) is 23.7. The molecule has 32 heavy (non-hydrogen) atoms. The first-order valence-electron chi connectivity index (χ1n) is 10.1. The molecule has 11 heteroatoms. The van der Waals surface area contributed by atoms with Gasteiger partial charge in [0.05, 0.1) is 12.3 Å². The van der Waals surface area contributed by atoms with Crippen LogP contribution < -0.4 is 15.4 Å². The molecule has 2 heterocycles. The molecule has 2 amide bonds. The number of thiazole rings is 1. The molecule has 2 N–H and O–H groups in total.